The highest BCUT2D eigenvalue weighted by Gasteiger charge is 2.29. The molecular formula is C57H55B19N4S. The van der Waals surface area contributed by atoms with Gasteiger partial charge in [-0.15, -0.1) is 33.2 Å². The molecule has 0 aliphatic rings. The van der Waals surface area contributed by atoms with Gasteiger partial charge in [0.15, 0.2) is 17.5 Å². The Bertz CT molecular complexity index is 4680. The van der Waals surface area contributed by atoms with E-state index in [-0.39, 0.29) is 0 Å². The van der Waals surface area contributed by atoms with Gasteiger partial charge in [-0.3, -0.25) is 0 Å². The molecule has 0 fully saturated rings. The van der Waals surface area contributed by atoms with Crippen LogP contribution in [0.25, 0.3) is 115 Å². The molecule has 0 aliphatic heterocycles. The topological polar surface area (TPSA) is 43.6 Å². The summed E-state index contributed by atoms with van der Waals surface area (Å²) in [5.74, 6) is 2.05. The predicted molar refractivity (Wildman–Crippen MR) is 415 cm³/mol. The summed E-state index contributed by atoms with van der Waals surface area (Å²) in [4.78, 5) is 17.1. The molecule has 0 amide bonds. The van der Waals surface area contributed by atoms with E-state index in [0.29, 0.717) is 17.5 Å². The zero-order valence-electron chi connectivity index (χ0n) is 51.0. The van der Waals surface area contributed by atoms with Crippen LogP contribution in [0, 0.1) is 0 Å². The Balaban J connectivity index is 1.12. The van der Waals surface area contributed by atoms with Gasteiger partial charge < -0.3 is 4.57 Å². The molecule has 0 bridgehead atoms. The van der Waals surface area contributed by atoms with Crippen LogP contribution in [0.3, 0.4) is 0 Å². The Labute approximate surface area is 498 Å². The van der Waals surface area contributed by atoms with E-state index in [9.17, 15) is 0 Å². The third-order valence-electron chi connectivity index (χ3n) is 20.0. The van der Waals surface area contributed by atoms with Crippen LogP contribution < -0.4 is 104 Å². The van der Waals surface area contributed by atoms with Crippen molar-refractivity contribution < 1.29 is 0 Å². The Morgan fingerprint density at radius 1 is 0.259 bits per heavy atom. The van der Waals surface area contributed by atoms with Gasteiger partial charge in [0, 0.05) is 42.8 Å². The summed E-state index contributed by atoms with van der Waals surface area (Å²) >= 11 is 1.90. The number of aromatic nitrogens is 4. The molecule has 12 aromatic rings. The van der Waals surface area contributed by atoms with Crippen LogP contribution in [-0.2, 0) is 0 Å². The normalized spacial score (nSPS) is 11.7. The predicted octanol–water partition coefficient (Wildman–Crippen LogP) is -17.8. The van der Waals surface area contributed by atoms with Crippen LogP contribution in [0.15, 0.2) is 103 Å². The fraction of sp³-hybridized carbons (Fsp3) is 0. The van der Waals surface area contributed by atoms with Crippen molar-refractivity contribution in [2.75, 3.05) is 0 Å². The second kappa shape index (κ2) is 20.3. The summed E-state index contributed by atoms with van der Waals surface area (Å²) in [7, 11) is 43.8. The van der Waals surface area contributed by atoms with E-state index >= 15 is 0 Å². The molecule has 3 aromatic heterocycles. The number of fused-ring (bicyclic) bond motifs is 6. The molecule has 0 N–H and O–H groups in total. The SMILES string of the molecule is Bc1c(B)c(-c2nc(-c3ccc(-c4cccc(-c5cccc(-c6ccccc6)c5)c4)cc3)nc(-c3c(B)c(B)c(B)c4c3sc3c(B)c(B)c(B)c(B)c34)n2)c(B)c(-n2c3c(B)c(B)c(B)c(B)c3c3c(B)c(B)c(B)c(B)c32)c1B. The van der Waals surface area contributed by atoms with Gasteiger partial charge in [-0.2, -0.15) is 0 Å². The summed E-state index contributed by atoms with van der Waals surface area (Å²) in [6.07, 6.45) is 0. The Morgan fingerprint density at radius 2 is 0.617 bits per heavy atom. The van der Waals surface area contributed by atoms with Crippen molar-refractivity contribution in [2.24, 2.45) is 0 Å². The second-order valence-corrected chi connectivity index (χ2v) is 24.7. The van der Waals surface area contributed by atoms with E-state index in [1.165, 1.54) is 168 Å². The minimum absolute atomic E-state index is 0.657. The molecule has 0 radical (unpaired) electrons. The fourth-order valence-corrected chi connectivity index (χ4v) is 15.2. The quantitative estimate of drug-likeness (QED) is 0.149. The minimum Gasteiger partial charge on any atom is -0.312 e. The zero-order chi connectivity index (χ0) is 57.5. The molecule has 3 heterocycles. The van der Waals surface area contributed by atoms with Crippen LogP contribution >= 0.6 is 11.3 Å². The van der Waals surface area contributed by atoms with Crippen molar-refractivity contribution in [3.8, 4) is 73.2 Å². The fourth-order valence-electron chi connectivity index (χ4n) is 13.6. The Kier molecular flexibility index (Phi) is 13.7. The Morgan fingerprint density at radius 3 is 1.14 bits per heavy atom. The minimum atomic E-state index is 0.657. The maximum absolute atomic E-state index is 5.79. The van der Waals surface area contributed by atoms with E-state index in [0.717, 1.165) is 33.3 Å². The van der Waals surface area contributed by atoms with E-state index < -0.39 is 0 Å². The van der Waals surface area contributed by atoms with Crippen LogP contribution in [0.1, 0.15) is 0 Å². The summed E-state index contributed by atoms with van der Waals surface area (Å²) in [6.45, 7) is 0. The zero-order valence-corrected chi connectivity index (χ0v) is 51.8. The first-order valence-corrected chi connectivity index (χ1v) is 29.6. The summed E-state index contributed by atoms with van der Waals surface area (Å²) < 4.78 is 5.23. The summed E-state index contributed by atoms with van der Waals surface area (Å²) in [5.41, 5.74) is 38.8. The summed E-state index contributed by atoms with van der Waals surface area (Å²) in [5, 5.41) is 5.40. The molecule has 366 valence electrons. The average Bonchev–Trinajstić information content (AvgIpc) is 4.28. The Hall–Kier alpha value is -6.76. The standard InChI is InChI=1S/C57H55B19N4S/c58-31-25-26-32(59)40(67)44(71)47(74)51(26)80(50(25)46(73)43(70)39(31)66)52-37(64)29(35(62)42(69)48(52)75)56-77-55(78-57(79-56)30-36(63)38(65)33(60)27-28-34(61)41(68)45(72)49(76)54(28)81-53(27)30)20-14-12-19(13-15-20)22-9-5-11-24(17-22)23-10-4-8-21(16-23)18-6-2-1-3-7-18/h1-17H,58-76H2. The van der Waals surface area contributed by atoms with Gasteiger partial charge in [-0.1, -0.05) is 173 Å². The van der Waals surface area contributed by atoms with E-state index in [4.69, 9.17) is 15.0 Å². The van der Waals surface area contributed by atoms with E-state index in [1.807, 2.05) is 11.3 Å². The molecular weight excluding hydrogens is 978 g/mol. The monoisotopic (exact) mass is 1040 g/mol. The molecule has 0 spiro atoms. The van der Waals surface area contributed by atoms with Crippen LogP contribution in [-0.4, -0.2) is 169 Å². The van der Waals surface area contributed by atoms with E-state index in [2.05, 4.69) is 257 Å². The van der Waals surface area contributed by atoms with Gasteiger partial charge in [-0.05, 0) is 67.1 Å². The largest absolute Gasteiger partial charge is 0.312 e. The van der Waals surface area contributed by atoms with Gasteiger partial charge in [0.25, 0.3) is 0 Å². The van der Waals surface area contributed by atoms with Crippen molar-refractivity contribution in [3.63, 3.8) is 0 Å². The van der Waals surface area contributed by atoms with Gasteiger partial charge >= 0.3 is 0 Å². The molecule has 0 saturated heterocycles. The van der Waals surface area contributed by atoms with Crippen molar-refractivity contribution in [1.29, 1.82) is 0 Å². The van der Waals surface area contributed by atoms with Crippen LogP contribution in [0.4, 0.5) is 0 Å². The number of benzene rings is 9. The lowest BCUT2D eigenvalue weighted by atomic mass is 9.63. The number of hydrogen-bond acceptors (Lipinski definition) is 4. The van der Waals surface area contributed by atoms with Crippen molar-refractivity contribution in [1.82, 2.24) is 19.5 Å². The molecule has 9 aromatic carbocycles. The first-order valence-electron chi connectivity index (χ1n) is 28.8. The van der Waals surface area contributed by atoms with Gasteiger partial charge in [0.2, 0.25) is 0 Å². The molecule has 81 heavy (non-hydrogen) atoms. The van der Waals surface area contributed by atoms with Crippen molar-refractivity contribution in [2.45, 2.75) is 0 Å². The lowest BCUT2D eigenvalue weighted by Gasteiger charge is -2.25. The van der Waals surface area contributed by atoms with Crippen LogP contribution in [0.2, 0.25) is 0 Å². The van der Waals surface area contributed by atoms with Gasteiger partial charge in [-0.25, -0.2) is 15.0 Å². The number of rotatable bonds is 7. The molecule has 24 heteroatoms. The lowest BCUT2D eigenvalue weighted by Crippen LogP contribution is -2.50. The van der Waals surface area contributed by atoms with Gasteiger partial charge in [0.05, 0.1) is 0 Å². The van der Waals surface area contributed by atoms with Gasteiger partial charge in [0.1, 0.15) is 149 Å². The number of nitrogens with zero attached hydrogens (tertiary/aromatic N) is 4. The highest BCUT2D eigenvalue weighted by atomic mass is 32.1. The van der Waals surface area contributed by atoms with E-state index in [1.54, 1.807) is 0 Å². The van der Waals surface area contributed by atoms with Crippen molar-refractivity contribution >= 4 is 306 Å². The third-order valence-corrected chi connectivity index (χ3v) is 21.3. The highest BCUT2D eigenvalue weighted by Crippen LogP contribution is 2.37. The second-order valence-electron chi connectivity index (χ2n) is 23.7. The first-order chi connectivity index (χ1) is 38.6. The maximum atomic E-state index is 5.79. The molecule has 12 rings (SSSR count). The van der Waals surface area contributed by atoms with Crippen molar-refractivity contribution in [3.05, 3.63) is 103 Å². The molecule has 0 unspecified atom stereocenters. The first kappa shape index (κ1) is 54.8. The smallest absolute Gasteiger partial charge is 0.164 e. The molecule has 0 atom stereocenters. The van der Waals surface area contributed by atoms with Crippen LogP contribution in [0.5, 0.6) is 0 Å². The lowest BCUT2D eigenvalue weighted by molar-refractivity contribution is 1.08. The average molecular weight is 1030 g/mol. The molecule has 0 saturated carbocycles. The molecule has 4 nitrogen and oxygen atoms in total. The number of thiophene rings is 1. The number of hydrogen-bond donors (Lipinski definition) is 0. The third kappa shape index (κ3) is 8.33. The summed E-state index contributed by atoms with van der Waals surface area (Å²) in [6, 6.07) is 37.2. The molecule has 0 aliphatic carbocycles. The highest BCUT2D eigenvalue weighted by molar-refractivity contribution is 7.28. The maximum Gasteiger partial charge on any atom is 0.164 e.